The third-order valence-corrected chi connectivity index (χ3v) is 7.53. The van der Waals surface area contributed by atoms with E-state index >= 15 is 0 Å². The van der Waals surface area contributed by atoms with Crippen molar-refractivity contribution in [2.45, 2.75) is 148 Å². The Morgan fingerprint density at radius 2 is 1.39 bits per heavy atom. The molecule has 0 aliphatic heterocycles. The summed E-state index contributed by atoms with van der Waals surface area (Å²) in [6, 6.07) is 0. The molecule has 1 fully saturated rings. The first-order valence-corrected chi connectivity index (χ1v) is 15.5. The molecule has 1 rings (SSSR count). The predicted molar refractivity (Wildman–Crippen MR) is 153 cm³/mol. The van der Waals surface area contributed by atoms with Crippen molar-refractivity contribution in [3.8, 4) is 0 Å². The van der Waals surface area contributed by atoms with Crippen LogP contribution in [0.25, 0.3) is 0 Å². The molecule has 0 bridgehead atoms. The number of hydrogen-bond donors (Lipinski definition) is 0. The summed E-state index contributed by atoms with van der Waals surface area (Å²) < 4.78 is 16.7. The number of ether oxygens (including phenoxy) is 3. The predicted octanol–water partition coefficient (Wildman–Crippen LogP) is 8.26. The van der Waals surface area contributed by atoms with Crippen molar-refractivity contribution in [3.63, 3.8) is 0 Å². The van der Waals surface area contributed by atoms with Crippen molar-refractivity contribution < 1.29 is 28.6 Å². The molecule has 0 N–H and O–H groups in total. The van der Waals surface area contributed by atoms with Crippen LogP contribution in [-0.4, -0.2) is 36.7 Å². The van der Waals surface area contributed by atoms with E-state index in [2.05, 4.69) is 27.4 Å². The highest BCUT2D eigenvalue weighted by Crippen LogP contribution is 2.37. The summed E-state index contributed by atoms with van der Waals surface area (Å²) in [7, 11) is 0. The zero-order valence-corrected chi connectivity index (χ0v) is 24.7. The van der Waals surface area contributed by atoms with Gasteiger partial charge in [-0.05, 0) is 38.0 Å². The molecule has 1 aliphatic carbocycles. The van der Waals surface area contributed by atoms with Gasteiger partial charge in [-0.25, -0.2) is 9.59 Å². The van der Waals surface area contributed by atoms with Gasteiger partial charge in [-0.3, -0.25) is 4.79 Å². The Labute approximate surface area is 232 Å². The van der Waals surface area contributed by atoms with Crippen LogP contribution in [0.2, 0.25) is 0 Å². The first-order valence-electron chi connectivity index (χ1n) is 15.5. The molecule has 0 heterocycles. The number of unbranched alkanes of at least 4 members (excludes halogenated alkanes) is 12. The summed E-state index contributed by atoms with van der Waals surface area (Å²) in [5, 5.41) is 0. The average Bonchev–Trinajstić information content (AvgIpc) is 2.90. The van der Waals surface area contributed by atoms with Crippen LogP contribution in [0, 0.1) is 11.8 Å². The minimum absolute atomic E-state index is 0.109. The van der Waals surface area contributed by atoms with Crippen LogP contribution >= 0.6 is 0 Å². The lowest BCUT2D eigenvalue weighted by Crippen LogP contribution is -2.49. The maximum absolute atomic E-state index is 13.1. The van der Waals surface area contributed by atoms with Crippen LogP contribution in [-0.2, 0) is 28.6 Å². The van der Waals surface area contributed by atoms with E-state index in [0.717, 1.165) is 50.5 Å². The van der Waals surface area contributed by atoms with Crippen molar-refractivity contribution >= 4 is 17.9 Å². The van der Waals surface area contributed by atoms with E-state index in [0.29, 0.717) is 32.5 Å². The zero-order valence-electron chi connectivity index (χ0n) is 24.7. The fourth-order valence-electron chi connectivity index (χ4n) is 5.18. The van der Waals surface area contributed by atoms with E-state index in [9.17, 15) is 14.4 Å². The van der Waals surface area contributed by atoms with Gasteiger partial charge in [0.2, 0.25) is 5.60 Å². The van der Waals surface area contributed by atoms with E-state index in [1.165, 1.54) is 57.8 Å². The van der Waals surface area contributed by atoms with Gasteiger partial charge < -0.3 is 14.2 Å². The maximum atomic E-state index is 13.1. The molecule has 220 valence electrons. The third kappa shape index (κ3) is 14.9. The van der Waals surface area contributed by atoms with Crippen molar-refractivity contribution in [1.29, 1.82) is 0 Å². The lowest BCUT2D eigenvalue weighted by molar-refractivity contribution is -0.188. The van der Waals surface area contributed by atoms with E-state index in [1.54, 1.807) is 0 Å². The highest BCUT2D eigenvalue weighted by atomic mass is 16.6. The molecule has 6 heteroatoms. The van der Waals surface area contributed by atoms with Gasteiger partial charge in [0.1, 0.15) is 0 Å². The summed E-state index contributed by atoms with van der Waals surface area (Å²) in [4.78, 5) is 37.9. The lowest BCUT2D eigenvalue weighted by Gasteiger charge is -2.37. The fraction of sp³-hybridized carbons (Fsp3) is 0.844. The second kappa shape index (κ2) is 21.0. The van der Waals surface area contributed by atoms with Crippen LogP contribution < -0.4 is 0 Å². The minimum Gasteiger partial charge on any atom is -0.465 e. The lowest BCUT2D eigenvalue weighted by atomic mass is 9.77. The quantitative estimate of drug-likeness (QED) is 0.0600. The molecule has 0 aromatic heterocycles. The van der Waals surface area contributed by atoms with E-state index in [-0.39, 0.29) is 12.4 Å². The second-order valence-electron chi connectivity index (χ2n) is 11.5. The Kier molecular flexibility index (Phi) is 18.9. The molecule has 38 heavy (non-hydrogen) atoms. The minimum atomic E-state index is -1.44. The molecule has 0 aromatic carbocycles. The molecule has 6 nitrogen and oxygen atoms in total. The SMILES string of the molecule is C=CC(=O)OC1(C(=O)OCCCCCCCC)CCCC(C(=O)OCCCCCCCCCCC(C)C)C1. The van der Waals surface area contributed by atoms with Crippen LogP contribution in [0.5, 0.6) is 0 Å². The number of rotatable bonds is 22. The average molecular weight is 537 g/mol. The Morgan fingerprint density at radius 1 is 0.842 bits per heavy atom. The summed E-state index contributed by atoms with van der Waals surface area (Å²) in [6.07, 6.45) is 20.1. The topological polar surface area (TPSA) is 78.9 Å². The number of hydrogen-bond acceptors (Lipinski definition) is 6. The molecule has 0 amide bonds. The van der Waals surface area contributed by atoms with Crippen molar-refractivity contribution in [2.75, 3.05) is 13.2 Å². The van der Waals surface area contributed by atoms with Gasteiger partial charge >= 0.3 is 17.9 Å². The van der Waals surface area contributed by atoms with Crippen molar-refractivity contribution in [3.05, 3.63) is 12.7 Å². The van der Waals surface area contributed by atoms with E-state index < -0.39 is 23.5 Å². The highest BCUT2D eigenvalue weighted by molar-refractivity contribution is 5.88. The summed E-state index contributed by atoms with van der Waals surface area (Å²) in [6.45, 7) is 10.9. The van der Waals surface area contributed by atoms with Gasteiger partial charge in [0.25, 0.3) is 0 Å². The number of esters is 3. The normalized spacial score (nSPS) is 19.2. The van der Waals surface area contributed by atoms with Crippen LogP contribution in [0.1, 0.15) is 143 Å². The molecule has 0 radical (unpaired) electrons. The van der Waals surface area contributed by atoms with Crippen molar-refractivity contribution in [2.24, 2.45) is 11.8 Å². The molecule has 0 spiro atoms. The van der Waals surface area contributed by atoms with Gasteiger partial charge in [0, 0.05) is 12.5 Å². The maximum Gasteiger partial charge on any atom is 0.350 e. The van der Waals surface area contributed by atoms with Crippen LogP contribution in [0.15, 0.2) is 12.7 Å². The molecule has 1 saturated carbocycles. The van der Waals surface area contributed by atoms with E-state index in [4.69, 9.17) is 14.2 Å². The van der Waals surface area contributed by atoms with Gasteiger partial charge in [-0.1, -0.05) is 111 Å². The largest absolute Gasteiger partial charge is 0.465 e. The Morgan fingerprint density at radius 3 is 1.97 bits per heavy atom. The van der Waals surface area contributed by atoms with Gasteiger partial charge in [-0.15, -0.1) is 0 Å². The molecule has 1 aliphatic rings. The Balaban J connectivity index is 2.39. The standard InChI is InChI=1S/C32H56O6/c1-5-7-8-9-15-19-25-37-31(35)32(38-29(33)6-2)23-20-22-28(26-32)30(34)36-24-18-16-13-11-10-12-14-17-21-27(3)4/h6,27-28H,2,5,7-26H2,1,3-4H3. The highest BCUT2D eigenvalue weighted by Gasteiger charge is 2.49. The number of carbonyl (C=O) groups excluding carboxylic acids is 3. The van der Waals surface area contributed by atoms with Gasteiger partial charge in [0.05, 0.1) is 19.1 Å². The zero-order chi connectivity index (χ0) is 28.1. The Hall–Kier alpha value is -1.85. The molecule has 0 saturated heterocycles. The third-order valence-electron chi connectivity index (χ3n) is 7.53. The molecule has 2 unspecified atom stereocenters. The van der Waals surface area contributed by atoms with Gasteiger partial charge in [0.15, 0.2) is 0 Å². The van der Waals surface area contributed by atoms with E-state index in [1.807, 2.05) is 0 Å². The first-order chi connectivity index (χ1) is 18.3. The van der Waals surface area contributed by atoms with Crippen molar-refractivity contribution in [1.82, 2.24) is 0 Å². The second-order valence-corrected chi connectivity index (χ2v) is 11.5. The fourth-order valence-corrected chi connectivity index (χ4v) is 5.18. The van der Waals surface area contributed by atoms with Crippen LogP contribution in [0.4, 0.5) is 0 Å². The molecular formula is C32H56O6. The molecular weight excluding hydrogens is 480 g/mol. The summed E-state index contributed by atoms with van der Waals surface area (Å²) in [5.41, 5.74) is -1.44. The van der Waals surface area contributed by atoms with Gasteiger partial charge in [-0.2, -0.15) is 0 Å². The molecule has 2 atom stereocenters. The number of carbonyl (C=O) groups is 3. The smallest absolute Gasteiger partial charge is 0.350 e. The summed E-state index contributed by atoms with van der Waals surface area (Å²) in [5.74, 6) is -1.21. The first kappa shape index (κ1) is 34.2. The molecule has 0 aromatic rings. The summed E-state index contributed by atoms with van der Waals surface area (Å²) >= 11 is 0. The van der Waals surface area contributed by atoms with Crippen LogP contribution in [0.3, 0.4) is 0 Å². The Bertz CT molecular complexity index is 673. The monoisotopic (exact) mass is 536 g/mol.